The number of rotatable bonds is 2. The molecule has 2 aliphatic rings. The highest BCUT2D eigenvalue weighted by Crippen LogP contribution is 2.66. The molecule has 1 saturated heterocycles. The molecule has 1 aliphatic carbocycles. The topological polar surface area (TPSA) is 84.3 Å². The van der Waals surface area contributed by atoms with Gasteiger partial charge in [-0.25, -0.2) is 13.6 Å². The largest absolute Gasteiger partial charge is 0.394 e. The van der Waals surface area contributed by atoms with Crippen molar-refractivity contribution in [2.24, 2.45) is 11.8 Å². The number of aromatic nitrogens is 2. The van der Waals surface area contributed by atoms with Crippen molar-refractivity contribution < 1.29 is 18.6 Å². The number of fused-ring (bicyclic) bond motifs is 1. The molecule has 3 rings (SSSR count). The summed E-state index contributed by atoms with van der Waals surface area (Å²) in [6.07, 6.45) is -0.929. The normalized spacial score (nSPS) is 35.2. The molecule has 2 N–H and O–H groups in total. The number of nitrogens with zero attached hydrogens (tertiary/aromatic N) is 1. The van der Waals surface area contributed by atoms with Crippen LogP contribution in [0.5, 0.6) is 0 Å². The van der Waals surface area contributed by atoms with E-state index in [1.54, 1.807) is 0 Å². The quantitative estimate of drug-likeness (QED) is 0.769. The van der Waals surface area contributed by atoms with Crippen molar-refractivity contribution in [2.45, 2.75) is 25.2 Å². The Balaban J connectivity index is 2.03. The molecule has 1 aromatic heterocycles. The Morgan fingerprint density at radius 3 is 2.74 bits per heavy atom. The fourth-order valence-electron chi connectivity index (χ4n) is 2.74. The second kappa shape index (κ2) is 3.73. The minimum atomic E-state index is -2.94. The number of ether oxygens (including phenoxy) is 1. The first-order valence-corrected chi connectivity index (χ1v) is 5.84. The van der Waals surface area contributed by atoms with Crippen molar-refractivity contribution in [1.29, 1.82) is 0 Å². The highest BCUT2D eigenvalue weighted by molar-refractivity contribution is 5.16. The van der Waals surface area contributed by atoms with Gasteiger partial charge >= 0.3 is 5.69 Å². The standard InChI is InChI=1S/C11H12F2N2O4/c1-4-2-15(10(18)14-8(4)17)9-7-6(11(7,12)13)5(3-16)19-9/h2,5-7,9,16H,3H2,1H3,(H,14,17,18)/t5-,6?,7?,9-/m1/s1. The smallest absolute Gasteiger partial charge is 0.330 e. The van der Waals surface area contributed by atoms with E-state index in [1.165, 1.54) is 13.1 Å². The van der Waals surface area contributed by atoms with E-state index in [0.29, 0.717) is 0 Å². The summed E-state index contributed by atoms with van der Waals surface area (Å²) in [6.45, 7) is 0.945. The van der Waals surface area contributed by atoms with Gasteiger partial charge in [0.05, 0.1) is 24.5 Å². The van der Waals surface area contributed by atoms with E-state index in [-0.39, 0.29) is 5.56 Å². The van der Waals surface area contributed by atoms with Crippen LogP contribution in [0.15, 0.2) is 15.8 Å². The summed E-state index contributed by atoms with van der Waals surface area (Å²) in [5.74, 6) is -5.14. The fourth-order valence-corrected chi connectivity index (χ4v) is 2.74. The van der Waals surface area contributed by atoms with E-state index in [9.17, 15) is 18.4 Å². The molecule has 2 unspecified atom stereocenters. The second-order valence-corrected chi connectivity index (χ2v) is 4.95. The molecule has 1 aromatic rings. The maximum atomic E-state index is 13.5. The first kappa shape index (κ1) is 12.5. The van der Waals surface area contributed by atoms with E-state index >= 15 is 0 Å². The zero-order chi connectivity index (χ0) is 13.9. The third kappa shape index (κ3) is 1.59. The van der Waals surface area contributed by atoms with Gasteiger partial charge in [0, 0.05) is 11.8 Å². The van der Waals surface area contributed by atoms with Crippen LogP contribution in [0.1, 0.15) is 11.8 Å². The summed E-state index contributed by atoms with van der Waals surface area (Å²) in [5, 5.41) is 9.02. The zero-order valence-electron chi connectivity index (χ0n) is 9.97. The van der Waals surface area contributed by atoms with E-state index in [0.717, 1.165) is 4.57 Å². The van der Waals surface area contributed by atoms with Crippen molar-refractivity contribution in [3.8, 4) is 0 Å². The van der Waals surface area contributed by atoms with Crippen LogP contribution in [0.25, 0.3) is 0 Å². The van der Waals surface area contributed by atoms with E-state index < -0.39 is 47.9 Å². The first-order valence-electron chi connectivity index (χ1n) is 5.84. The number of aryl methyl sites for hydroxylation is 1. The van der Waals surface area contributed by atoms with Crippen LogP contribution in [0.2, 0.25) is 0 Å². The van der Waals surface area contributed by atoms with Gasteiger partial charge in [0.2, 0.25) is 0 Å². The Labute approximate surface area is 105 Å². The number of nitrogens with one attached hydrogen (secondary N) is 1. The fraction of sp³-hybridized carbons (Fsp3) is 0.636. The predicted molar refractivity (Wildman–Crippen MR) is 59.0 cm³/mol. The molecule has 104 valence electrons. The molecule has 2 heterocycles. The maximum Gasteiger partial charge on any atom is 0.330 e. The number of hydrogen-bond donors (Lipinski definition) is 2. The lowest BCUT2D eigenvalue weighted by molar-refractivity contribution is -0.106. The molecule has 6 nitrogen and oxygen atoms in total. The van der Waals surface area contributed by atoms with Gasteiger partial charge in [0.1, 0.15) is 6.23 Å². The SMILES string of the molecule is Cc1cn([C@@H]2O[C@H](CO)C3C2C3(F)F)c(=O)[nH]c1=O. The number of H-pyrrole nitrogens is 1. The molecule has 4 atom stereocenters. The Kier molecular flexibility index (Phi) is 2.45. The van der Waals surface area contributed by atoms with Crippen molar-refractivity contribution in [1.82, 2.24) is 9.55 Å². The van der Waals surface area contributed by atoms with Gasteiger partial charge in [0.15, 0.2) is 0 Å². The number of aromatic amines is 1. The molecule has 0 radical (unpaired) electrons. The van der Waals surface area contributed by atoms with Crippen LogP contribution in [-0.2, 0) is 4.74 Å². The van der Waals surface area contributed by atoms with Crippen molar-refractivity contribution in [3.63, 3.8) is 0 Å². The second-order valence-electron chi connectivity index (χ2n) is 4.95. The minimum Gasteiger partial charge on any atom is -0.394 e. The van der Waals surface area contributed by atoms with Gasteiger partial charge in [0.25, 0.3) is 11.5 Å². The highest BCUT2D eigenvalue weighted by atomic mass is 19.3. The Hall–Kier alpha value is -1.54. The number of hydrogen-bond acceptors (Lipinski definition) is 4. The Morgan fingerprint density at radius 2 is 2.16 bits per heavy atom. The Bertz CT molecular complexity index is 638. The number of halogens is 2. The molecule has 0 amide bonds. The summed E-state index contributed by atoms with van der Waals surface area (Å²) in [5.41, 5.74) is -1.12. The molecule has 1 saturated carbocycles. The molecule has 0 aromatic carbocycles. The third-order valence-corrected chi connectivity index (χ3v) is 3.79. The highest BCUT2D eigenvalue weighted by Gasteiger charge is 2.78. The van der Waals surface area contributed by atoms with Gasteiger partial charge in [-0.05, 0) is 6.92 Å². The molecular formula is C11H12F2N2O4. The summed E-state index contributed by atoms with van der Waals surface area (Å²) >= 11 is 0. The summed E-state index contributed by atoms with van der Waals surface area (Å²) in [4.78, 5) is 25.0. The van der Waals surface area contributed by atoms with Crippen LogP contribution < -0.4 is 11.2 Å². The molecule has 19 heavy (non-hydrogen) atoms. The summed E-state index contributed by atoms with van der Waals surface area (Å²) in [7, 11) is 0. The van der Waals surface area contributed by atoms with Gasteiger partial charge in [-0.2, -0.15) is 0 Å². The summed E-state index contributed by atoms with van der Waals surface area (Å²) in [6, 6.07) is 0. The van der Waals surface area contributed by atoms with E-state index in [2.05, 4.69) is 0 Å². The Morgan fingerprint density at radius 1 is 1.47 bits per heavy atom. The monoisotopic (exact) mass is 274 g/mol. The van der Waals surface area contributed by atoms with Crippen LogP contribution in [0.3, 0.4) is 0 Å². The maximum absolute atomic E-state index is 13.5. The molecular weight excluding hydrogens is 262 g/mol. The van der Waals surface area contributed by atoms with Crippen molar-refractivity contribution in [3.05, 3.63) is 32.6 Å². The number of aliphatic hydroxyl groups excluding tert-OH is 1. The van der Waals surface area contributed by atoms with Crippen LogP contribution in [-0.4, -0.2) is 33.3 Å². The van der Waals surface area contributed by atoms with Gasteiger partial charge in [-0.15, -0.1) is 0 Å². The predicted octanol–water partition coefficient (Wildman–Crippen LogP) is -0.384. The first-order chi connectivity index (χ1) is 8.87. The summed E-state index contributed by atoms with van der Waals surface area (Å²) < 4.78 is 33.3. The zero-order valence-corrected chi connectivity index (χ0v) is 9.97. The molecule has 8 heteroatoms. The van der Waals surface area contributed by atoms with E-state index in [1.807, 2.05) is 4.98 Å². The van der Waals surface area contributed by atoms with Gasteiger partial charge in [-0.1, -0.05) is 0 Å². The van der Waals surface area contributed by atoms with Crippen LogP contribution in [0, 0.1) is 18.8 Å². The van der Waals surface area contributed by atoms with Gasteiger partial charge < -0.3 is 9.84 Å². The lowest BCUT2D eigenvalue weighted by Gasteiger charge is -2.21. The average molecular weight is 274 g/mol. The van der Waals surface area contributed by atoms with Crippen molar-refractivity contribution in [2.75, 3.05) is 6.61 Å². The third-order valence-electron chi connectivity index (χ3n) is 3.79. The van der Waals surface area contributed by atoms with E-state index in [4.69, 9.17) is 9.84 Å². The molecule has 1 aliphatic heterocycles. The molecule has 2 fully saturated rings. The number of alkyl halides is 2. The molecule has 0 spiro atoms. The van der Waals surface area contributed by atoms with Crippen LogP contribution in [0.4, 0.5) is 8.78 Å². The average Bonchev–Trinajstić information content (AvgIpc) is 2.73. The van der Waals surface area contributed by atoms with Crippen molar-refractivity contribution >= 4 is 0 Å². The lowest BCUT2D eigenvalue weighted by atomic mass is 10.2. The molecule has 0 bridgehead atoms. The number of aliphatic hydroxyl groups is 1. The minimum absolute atomic E-state index is 0.233. The van der Waals surface area contributed by atoms with Gasteiger partial charge in [-0.3, -0.25) is 14.3 Å². The lowest BCUT2D eigenvalue weighted by Crippen LogP contribution is -2.36. The van der Waals surface area contributed by atoms with Crippen LogP contribution >= 0.6 is 0 Å².